The lowest BCUT2D eigenvalue weighted by atomic mass is 9.81. The predicted molar refractivity (Wildman–Crippen MR) is 64.5 cm³/mol. The Morgan fingerprint density at radius 3 is 2.27 bits per heavy atom. The normalized spacial score (nSPS) is 14.1. The summed E-state index contributed by atoms with van der Waals surface area (Å²) in [7, 11) is 0. The fourth-order valence-electron chi connectivity index (χ4n) is 1.07. The van der Waals surface area contributed by atoms with Crippen molar-refractivity contribution in [3.63, 3.8) is 0 Å². The fourth-order valence-corrected chi connectivity index (χ4v) is 1.07. The molecule has 0 rings (SSSR count). The summed E-state index contributed by atoms with van der Waals surface area (Å²) in [6, 6.07) is 0. The lowest BCUT2D eigenvalue weighted by molar-refractivity contribution is -0.125. The van der Waals surface area contributed by atoms with Crippen molar-refractivity contribution in [2.45, 2.75) is 41.0 Å². The Morgan fingerprint density at radius 1 is 1.33 bits per heavy atom. The van der Waals surface area contributed by atoms with E-state index in [1.165, 1.54) is 0 Å². The molecule has 0 aromatic carbocycles. The minimum absolute atomic E-state index is 0.0259. The van der Waals surface area contributed by atoms with Gasteiger partial charge in [0.25, 0.3) is 0 Å². The maximum atomic E-state index is 11.6. The molecule has 1 atom stereocenters. The van der Waals surface area contributed by atoms with E-state index in [1.807, 2.05) is 6.92 Å². The Hall–Kier alpha value is -0.570. The Kier molecular flexibility index (Phi) is 5.88. The molecule has 0 aromatic heterocycles. The molecule has 0 aliphatic rings. The predicted octanol–water partition coefficient (Wildman–Crippen LogP) is 1.77. The van der Waals surface area contributed by atoms with Crippen LogP contribution in [0.25, 0.3) is 0 Å². The summed E-state index contributed by atoms with van der Waals surface area (Å²) in [4.78, 5) is 11.6. The molecular formula is C12H26N2O. The quantitative estimate of drug-likeness (QED) is 0.708. The first-order valence-electron chi connectivity index (χ1n) is 5.79. The van der Waals surface area contributed by atoms with Gasteiger partial charge in [0, 0.05) is 12.5 Å². The average molecular weight is 214 g/mol. The molecule has 1 amide bonds. The highest BCUT2D eigenvalue weighted by Crippen LogP contribution is 2.24. The van der Waals surface area contributed by atoms with Gasteiger partial charge in [-0.1, -0.05) is 34.6 Å². The van der Waals surface area contributed by atoms with Crippen molar-refractivity contribution >= 4 is 5.91 Å². The smallest absolute Gasteiger partial charge is 0.222 e. The van der Waals surface area contributed by atoms with Gasteiger partial charge in [-0.2, -0.15) is 0 Å². The zero-order valence-corrected chi connectivity index (χ0v) is 10.8. The van der Waals surface area contributed by atoms with Crippen LogP contribution in [0.3, 0.4) is 0 Å². The van der Waals surface area contributed by atoms with Crippen molar-refractivity contribution in [1.29, 1.82) is 0 Å². The molecule has 3 heteroatoms. The van der Waals surface area contributed by atoms with Crippen LogP contribution in [0.15, 0.2) is 0 Å². The molecule has 0 aromatic rings. The van der Waals surface area contributed by atoms with E-state index < -0.39 is 0 Å². The van der Waals surface area contributed by atoms with E-state index in [2.05, 4.69) is 33.0 Å². The van der Waals surface area contributed by atoms with Crippen LogP contribution < -0.4 is 11.1 Å². The molecular weight excluding hydrogens is 188 g/mol. The van der Waals surface area contributed by atoms with Crippen LogP contribution in [0.2, 0.25) is 0 Å². The number of carbonyl (C=O) groups is 1. The Morgan fingerprint density at radius 2 is 1.87 bits per heavy atom. The van der Waals surface area contributed by atoms with Crippen LogP contribution >= 0.6 is 0 Å². The standard InChI is InChI=1S/C12H26N2O/c1-9(2)12(4,5)8-14-11(15)10(3)6-7-13/h9-10H,6-8,13H2,1-5H3,(H,14,15). The van der Waals surface area contributed by atoms with Gasteiger partial charge in [0.2, 0.25) is 5.91 Å². The van der Waals surface area contributed by atoms with Gasteiger partial charge in [-0.25, -0.2) is 0 Å². The van der Waals surface area contributed by atoms with E-state index in [0.29, 0.717) is 12.5 Å². The molecule has 0 spiro atoms. The topological polar surface area (TPSA) is 55.1 Å². The molecule has 0 radical (unpaired) electrons. The third kappa shape index (κ3) is 5.17. The molecule has 0 aliphatic heterocycles. The van der Waals surface area contributed by atoms with Crippen molar-refractivity contribution in [2.75, 3.05) is 13.1 Å². The van der Waals surface area contributed by atoms with Gasteiger partial charge in [-0.15, -0.1) is 0 Å². The van der Waals surface area contributed by atoms with Gasteiger partial charge >= 0.3 is 0 Å². The number of rotatable bonds is 6. The average Bonchev–Trinajstić information content (AvgIpc) is 2.14. The van der Waals surface area contributed by atoms with Crippen LogP contribution in [0.4, 0.5) is 0 Å². The second-order valence-corrected chi connectivity index (χ2v) is 5.34. The summed E-state index contributed by atoms with van der Waals surface area (Å²) in [5.41, 5.74) is 5.57. The molecule has 90 valence electrons. The summed E-state index contributed by atoms with van der Waals surface area (Å²) in [6.07, 6.45) is 0.758. The number of hydrogen-bond donors (Lipinski definition) is 2. The van der Waals surface area contributed by atoms with E-state index in [1.54, 1.807) is 0 Å². The summed E-state index contributed by atoms with van der Waals surface area (Å²) in [6.45, 7) is 11.9. The highest BCUT2D eigenvalue weighted by atomic mass is 16.1. The van der Waals surface area contributed by atoms with E-state index >= 15 is 0 Å². The van der Waals surface area contributed by atoms with Crippen LogP contribution in [0.1, 0.15) is 41.0 Å². The van der Waals surface area contributed by atoms with Crippen molar-refractivity contribution < 1.29 is 4.79 Å². The maximum Gasteiger partial charge on any atom is 0.222 e. The number of hydrogen-bond acceptors (Lipinski definition) is 2. The summed E-state index contributed by atoms with van der Waals surface area (Å²) >= 11 is 0. The van der Waals surface area contributed by atoms with Gasteiger partial charge in [-0.3, -0.25) is 4.79 Å². The van der Waals surface area contributed by atoms with Crippen molar-refractivity contribution in [3.05, 3.63) is 0 Å². The molecule has 0 saturated carbocycles. The second kappa shape index (κ2) is 6.11. The van der Waals surface area contributed by atoms with E-state index in [-0.39, 0.29) is 17.2 Å². The van der Waals surface area contributed by atoms with Crippen molar-refractivity contribution in [3.8, 4) is 0 Å². The van der Waals surface area contributed by atoms with E-state index in [9.17, 15) is 4.79 Å². The highest BCUT2D eigenvalue weighted by Gasteiger charge is 2.23. The van der Waals surface area contributed by atoms with Gasteiger partial charge < -0.3 is 11.1 Å². The summed E-state index contributed by atoms with van der Waals surface area (Å²) in [5.74, 6) is 0.703. The molecule has 1 unspecified atom stereocenters. The Bertz CT molecular complexity index is 200. The maximum absolute atomic E-state index is 11.6. The number of nitrogens with two attached hydrogens (primary N) is 1. The molecule has 3 nitrogen and oxygen atoms in total. The third-order valence-corrected chi connectivity index (χ3v) is 3.33. The summed E-state index contributed by atoms with van der Waals surface area (Å²) < 4.78 is 0. The molecule has 0 aliphatic carbocycles. The lowest BCUT2D eigenvalue weighted by Gasteiger charge is -2.29. The summed E-state index contributed by atoms with van der Waals surface area (Å²) in [5, 5.41) is 2.99. The number of nitrogens with one attached hydrogen (secondary N) is 1. The van der Waals surface area contributed by atoms with Crippen LogP contribution in [-0.4, -0.2) is 19.0 Å². The first-order valence-corrected chi connectivity index (χ1v) is 5.79. The van der Waals surface area contributed by atoms with E-state index in [0.717, 1.165) is 13.0 Å². The zero-order valence-electron chi connectivity index (χ0n) is 10.8. The molecule has 0 bridgehead atoms. The van der Waals surface area contributed by atoms with Gasteiger partial charge in [-0.05, 0) is 24.3 Å². The molecule has 3 N–H and O–H groups in total. The molecule has 0 saturated heterocycles. The Labute approximate surface area is 93.8 Å². The van der Waals surface area contributed by atoms with Crippen molar-refractivity contribution in [2.24, 2.45) is 23.0 Å². The first-order chi connectivity index (χ1) is 6.81. The fraction of sp³-hybridized carbons (Fsp3) is 0.917. The van der Waals surface area contributed by atoms with Crippen LogP contribution in [0.5, 0.6) is 0 Å². The molecule has 0 heterocycles. The van der Waals surface area contributed by atoms with Gasteiger partial charge in [0.1, 0.15) is 0 Å². The Balaban J connectivity index is 4.00. The second-order valence-electron chi connectivity index (χ2n) is 5.34. The van der Waals surface area contributed by atoms with Gasteiger partial charge in [0.15, 0.2) is 0 Å². The molecule has 0 fully saturated rings. The minimum atomic E-state index is 0.0259. The lowest BCUT2D eigenvalue weighted by Crippen LogP contribution is -2.39. The monoisotopic (exact) mass is 214 g/mol. The first kappa shape index (κ1) is 14.4. The van der Waals surface area contributed by atoms with Crippen LogP contribution in [0, 0.1) is 17.3 Å². The number of amides is 1. The van der Waals surface area contributed by atoms with E-state index in [4.69, 9.17) is 5.73 Å². The highest BCUT2D eigenvalue weighted by molar-refractivity contribution is 5.78. The van der Waals surface area contributed by atoms with Gasteiger partial charge in [0.05, 0.1) is 0 Å². The largest absolute Gasteiger partial charge is 0.355 e. The van der Waals surface area contributed by atoms with Crippen LogP contribution in [-0.2, 0) is 4.79 Å². The SMILES string of the molecule is CC(CCN)C(=O)NCC(C)(C)C(C)C. The minimum Gasteiger partial charge on any atom is -0.355 e. The number of carbonyl (C=O) groups excluding carboxylic acids is 1. The third-order valence-electron chi connectivity index (χ3n) is 3.33. The zero-order chi connectivity index (χ0) is 12.1. The van der Waals surface area contributed by atoms with Crippen molar-refractivity contribution in [1.82, 2.24) is 5.32 Å². The molecule has 15 heavy (non-hydrogen) atoms.